The van der Waals surface area contributed by atoms with Gasteiger partial charge >= 0.3 is 5.97 Å². The molecule has 0 aliphatic rings. The van der Waals surface area contributed by atoms with E-state index < -0.39 is 12.0 Å². The molecule has 0 spiro atoms. The van der Waals surface area contributed by atoms with Crippen molar-refractivity contribution in [3.05, 3.63) is 60.2 Å². The van der Waals surface area contributed by atoms with Crippen molar-refractivity contribution in [1.29, 1.82) is 0 Å². The molecule has 4 heteroatoms. The SMILES string of the molecule is C=C(C)C[C@H](NC(=O)Cc1ccc2ccccc2c1)C(=O)O. The summed E-state index contributed by atoms with van der Waals surface area (Å²) in [5, 5.41) is 13.8. The molecule has 114 valence electrons. The molecule has 2 aromatic carbocycles. The smallest absolute Gasteiger partial charge is 0.326 e. The van der Waals surface area contributed by atoms with Gasteiger partial charge in [-0.15, -0.1) is 6.58 Å². The standard InChI is InChI=1S/C18H19NO3/c1-12(2)9-16(18(21)22)19-17(20)11-13-7-8-14-5-3-4-6-15(14)10-13/h3-8,10,16H,1,9,11H2,2H3,(H,19,20)(H,21,22)/t16-/m0/s1. The molecule has 0 saturated carbocycles. The van der Waals surface area contributed by atoms with Gasteiger partial charge in [0.1, 0.15) is 6.04 Å². The fraction of sp³-hybridized carbons (Fsp3) is 0.222. The van der Waals surface area contributed by atoms with E-state index in [-0.39, 0.29) is 18.7 Å². The van der Waals surface area contributed by atoms with Crippen molar-refractivity contribution in [2.45, 2.75) is 25.8 Å². The maximum atomic E-state index is 12.0. The predicted octanol–water partition coefficient (Wildman–Crippen LogP) is 2.92. The van der Waals surface area contributed by atoms with Gasteiger partial charge < -0.3 is 10.4 Å². The van der Waals surface area contributed by atoms with Crippen LogP contribution < -0.4 is 5.32 Å². The Morgan fingerprint density at radius 3 is 2.50 bits per heavy atom. The lowest BCUT2D eigenvalue weighted by atomic mass is 10.0. The highest BCUT2D eigenvalue weighted by Gasteiger charge is 2.19. The van der Waals surface area contributed by atoms with Gasteiger partial charge in [0.05, 0.1) is 6.42 Å². The van der Waals surface area contributed by atoms with Crippen LogP contribution in [-0.2, 0) is 16.0 Å². The van der Waals surface area contributed by atoms with E-state index in [9.17, 15) is 9.59 Å². The highest BCUT2D eigenvalue weighted by atomic mass is 16.4. The average Bonchev–Trinajstić information content (AvgIpc) is 2.45. The van der Waals surface area contributed by atoms with E-state index in [1.807, 2.05) is 42.5 Å². The molecule has 0 saturated heterocycles. The van der Waals surface area contributed by atoms with Crippen LogP contribution in [0.5, 0.6) is 0 Å². The number of carbonyl (C=O) groups excluding carboxylic acids is 1. The lowest BCUT2D eigenvalue weighted by Crippen LogP contribution is -2.41. The molecule has 22 heavy (non-hydrogen) atoms. The van der Waals surface area contributed by atoms with Crippen LogP contribution in [0, 0.1) is 0 Å². The maximum absolute atomic E-state index is 12.0. The Bertz CT molecular complexity index is 721. The summed E-state index contributed by atoms with van der Waals surface area (Å²) < 4.78 is 0. The van der Waals surface area contributed by atoms with E-state index in [0.29, 0.717) is 0 Å². The zero-order chi connectivity index (χ0) is 16.1. The van der Waals surface area contributed by atoms with Gasteiger partial charge in [0.15, 0.2) is 0 Å². The molecule has 0 aromatic heterocycles. The largest absolute Gasteiger partial charge is 0.480 e. The third-order valence-electron chi connectivity index (χ3n) is 3.36. The minimum atomic E-state index is -1.05. The lowest BCUT2D eigenvalue weighted by molar-refractivity contribution is -0.141. The van der Waals surface area contributed by atoms with Crippen molar-refractivity contribution in [2.75, 3.05) is 0 Å². The first-order valence-corrected chi connectivity index (χ1v) is 7.10. The summed E-state index contributed by atoms with van der Waals surface area (Å²) in [5.41, 5.74) is 1.58. The molecule has 0 fully saturated rings. The van der Waals surface area contributed by atoms with Gasteiger partial charge in [-0.05, 0) is 29.7 Å². The van der Waals surface area contributed by atoms with Gasteiger partial charge in [0, 0.05) is 0 Å². The van der Waals surface area contributed by atoms with Gasteiger partial charge in [-0.25, -0.2) is 4.79 Å². The summed E-state index contributed by atoms with van der Waals surface area (Å²) >= 11 is 0. The summed E-state index contributed by atoms with van der Waals surface area (Å²) in [6.45, 7) is 5.43. The monoisotopic (exact) mass is 297 g/mol. The van der Waals surface area contributed by atoms with Crippen LogP contribution in [0.1, 0.15) is 18.9 Å². The van der Waals surface area contributed by atoms with Gasteiger partial charge in [0.2, 0.25) is 5.91 Å². The van der Waals surface area contributed by atoms with E-state index in [2.05, 4.69) is 11.9 Å². The quantitative estimate of drug-likeness (QED) is 0.806. The molecule has 0 radical (unpaired) electrons. The van der Waals surface area contributed by atoms with Crippen LogP contribution in [0.3, 0.4) is 0 Å². The van der Waals surface area contributed by atoms with Crippen LogP contribution in [-0.4, -0.2) is 23.0 Å². The summed E-state index contributed by atoms with van der Waals surface area (Å²) in [6, 6.07) is 12.8. The Morgan fingerprint density at radius 2 is 1.86 bits per heavy atom. The van der Waals surface area contributed by atoms with Crippen LogP contribution in [0.25, 0.3) is 10.8 Å². The van der Waals surface area contributed by atoms with Crippen molar-refractivity contribution >= 4 is 22.6 Å². The number of fused-ring (bicyclic) bond motifs is 1. The Labute approximate surface area is 129 Å². The molecule has 0 heterocycles. The fourth-order valence-corrected chi connectivity index (χ4v) is 2.33. The highest BCUT2D eigenvalue weighted by Crippen LogP contribution is 2.16. The van der Waals surface area contributed by atoms with Crippen molar-refractivity contribution in [3.63, 3.8) is 0 Å². The minimum Gasteiger partial charge on any atom is -0.480 e. The number of hydrogen-bond donors (Lipinski definition) is 2. The van der Waals surface area contributed by atoms with Gasteiger partial charge in [-0.3, -0.25) is 4.79 Å². The fourth-order valence-electron chi connectivity index (χ4n) is 2.33. The molecular formula is C18H19NO3. The van der Waals surface area contributed by atoms with Crippen molar-refractivity contribution < 1.29 is 14.7 Å². The number of amides is 1. The van der Waals surface area contributed by atoms with Crippen LogP contribution in [0.15, 0.2) is 54.6 Å². The second-order valence-electron chi connectivity index (χ2n) is 5.48. The third kappa shape index (κ3) is 4.19. The zero-order valence-corrected chi connectivity index (χ0v) is 12.5. The number of rotatable bonds is 6. The van der Waals surface area contributed by atoms with Gasteiger partial charge in [-0.2, -0.15) is 0 Å². The second kappa shape index (κ2) is 6.89. The molecule has 2 rings (SSSR count). The van der Waals surface area contributed by atoms with E-state index in [0.717, 1.165) is 21.9 Å². The summed E-state index contributed by atoms with van der Waals surface area (Å²) in [6.07, 6.45) is 0.392. The molecule has 2 N–H and O–H groups in total. The molecule has 1 atom stereocenters. The topological polar surface area (TPSA) is 66.4 Å². The maximum Gasteiger partial charge on any atom is 0.326 e. The Kier molecular flexibility index (Phi) is 4.94. The van der Waals surface area contributed by atoms with E-state index >= 15 is 0 Å². The summed E-state index contributed by atoms with van der Waals surface area (Å²) in [5.74, 6) is -1.35. The van der Waals surface area contributed by atoms with Crippen LogP contribution in [0.4, 0.5) is 0 Å². The number of benzene rings is 2. The normalized spacial score (nSPS) is 11.9. The number of aliphatic carboxylic acids is 1. The first-order chi connectivity index (χ1) is 10.5. The first kappa shape index (κ1) is 15.8. The Balaban J connectivity index is 2.06. The summed E-state index contributed by atoms with van der Waals surface area (Å²) in [4.78, 5) is 23.2. The lowest BCUT2D eigenvalue weighted by Gasteiger charge is -2.14. The van der Waals surface area contributed by atoms with Crippen molar-refractivity contribution in [2.24, 2.45) is 0 Å². The van der Waals surface area contributed by atoms with E-state index in [1.54, 1.807) is 6.92 Å². The molecule has 0 aliphatic carbocycles. The minimum absolute atomic E-state index is 0.158. The first-order valence-electron chi connectivity index (χ1n) is 7.10. The number of carboxylic acid groups (broad SMARTS) is 1. The molecule has 0 unspecified atom stereocenters. The Morgan fingerprint density at radius 1 is 1.18 bits per heavy atom. The van der Waals surface area contributed by atoms with E-state index in [4.69, 9.17) is 5.11 Å². The Hall–Kier alpha value is -2.62. The average molecular weight is 297 g/mol. The highest BCUT2D eigenvalue weighted by molar-refractivity contribution is 5.87. The summed E-state index contributed by atoms with van der Waals surface area (Å²) in [7, 11) is 0. The number of carboxylic acids is 1. The third-order valence-corrected chi connectivity index (χ3v) is 3.36. The van der Waals surface area contributed by atoms with Gasteiger partial charge in [-0.1, -0.05) is 48.0 Å². The number of nitrogens with one attached hydrogen (secondary N) is 1. The molecule has 4 nitrogen and oxygen atoms in total. The molecule has 1 amide bonds. The second-order valence-corrected chi connectivity index (χ2v) is 5.48. The number of carbonyl (C=O) groups is 2. The van der Waals surface area contributed by atoms with Gasteiger partial charge in [0.25, 0.3) is 0 Å². The molecule has 0 bridgehead atoms. The van der Waals surface area contributed by atoms with Crippen molar-refractivity contribution in [3.8, 4) is 0 Å². The number of hydrogen-bond acceptors (Lipinski definition) is 2. The van der Waals surface area contributed by atoms with E-state index in [1.165, 1.54) is 0 Å². The molecule has 0 aliphatic heterocycles. The predicted molar refractivity (Wildman–Crippen MR) is 86.6 cm³/mol. The van der Waals surface area contributed by atoms with Crippen LogP contribution in [0.2, 0.25) is 0 Å². The zero-order valence-electron chi connectivity index (χ0n) is 12.5. The van der Waals surface area contributed by atoms with Crippen molar-refractivity contribution in [1.82, 2.24) is 5.32 Å². The molecule has 2 aromatic rings. The van der Waals surface area contributed by atoms with Crippen LogP contribution >= 0.6 is 0 Å². The molecular weight excluding hydrogens is 278 g/mol.